The highest BCUT2D eigenvalue weighted by molar-refractivity contribution is 7.89. The van der Waals surface area contributed by atoms with E-state index < -0.39 is 16.0 Å². The van der Waals surface area contributed by atoms with Gasteiger partial charge in [0, 0.05) is 20.2 Å². The SMILES string of the molecule is CCOCCN(C)S(=O)(=O)c1ccsc1C(=O)O. The van der Waals surface area contributed by atoms with Gasteiger partial charge >= 0.3 is 5.97 Å². The number of hydrogen-bond donors (Lipinski definition) is 1. The molecule has 0 unspecified atom stereocenters. The van der Waals surface area contributed by atoms with Crippen LogP contribution in [-0.4, -0.2) is 50.6 Å². The Kier molecular flexibility index (Phi) is 5.27. The highest BCUT2D eigenvalue weighted by Gasteiger charge is 2.27. The molecule has 1 aromatic heterocycles. The Morgan fingerprint density at radius 3 is 2.78 bits per heavy atom. The summed E-state index contributed by atoms with van der Waals surface area (Å²) in [7, 11) is -2.37. The smallest absolute Gasteiger partial charge is 0.347 e. The average Bonchev–Trinajstić information content (AvgIpc) is 2.78. The van der Waals surface area contributed by atoms with Gasteiger partial charge in [-0.25, -0.2) is 13.2 Å². The Morgan fingerprint density at radius 1 is 1.56 bits per heavy atom. The Labute approximate surface area is 110 Å². The van der Waals surface area contributed by atoms with Crippen LogP contribution in [0, 0.1) is 0 Å². The molecule has 18 heavy (non-hydrogen) atoms. The van der Waals surface area contributed by atoms with Gasteiger partial charge in [0.15, 0.2) is 0 Å². The topological polar surface area (TPSA) is 83.9 Å². The van der Waals surface area contributed by atoms with E-state index >= 15 is 0 Å². The maximum Gasteiger partial charge on any atom is 0.347 e. The Bertz CT molecular complexity index is 508. The monoisotopic (exact) mass is 293 g/mol. The Hall–Kier alpha value is -0.960. The predicted molar refractivity (Wildman–Crippen MR) is 67.6 cm³/mol. The maximum absolute atomic E-state index is 12.1. The van der Waals surface area contributed by atoms with Gasteiger partial charge in [0.2, 0.25) is 10.0 Å². The van der Waals surface area contributed by atoms with Gasteiger partial charge in [-0.05, 0) is 18.4 Å². The van der Waals surface area contributed by atoms with E-state index in [-0.39, 0.29) is 22.9 Å². The molecule has 0 bridgehead atoms. The summed E-state index contributed by atoms with van der Waals surface area (Å²) in [6, 6.07) is 1.31. The molecule has 102 valence electrons. The maximum atomic E-state index is 12.1. The second-order valence-corrected chi connectivity index (χ2v) is 6.37. The fourth-order valence-electron chi connectivity index (χ4n) is 1.28. The van der Waals surface area contributed by atoms with E-state index in [1.54, 1.807) is 0 Å². The number of carboxylic acids is 1. The molecule has 1 aromatic rings. The minimum absolute atomic E-state index is 0.168. The predicted octanol–water partition coefficient (Wildman–Crippen LogP) is 1.10. The zero-order valence-electron chi connectivity index (χ0n) is 10.1. The lowest BCUT2D eigenvalue weighted by Crippen LogP contribution is -2.30. The number of likely N-dealkylation sites (N-methyl/N-ethyl adjacent to an activating group) is 1. The number of hydrogen-bond acceptors (Lipinski definition) is 5. The molecule has 1 N–H and O–H groups in total. The summed E-state index contributed by atoms with van der Waals surface area (Å²) in [5.41, 5.74) is 0. The first-order valence-electron chi connectivity index (χ1n) is 5.26. The summed E-state index contributed by atoms with van der Waals surface area (Å²) in [6.07, 6.45) is 0. The molecule has 0 aliphatic rings. The normalized spacial score (nSPS) is 11.9. The molecule has 0 spiro atoms. The quantitative estimate of drug-likeness (QED) is 0.761. The molecular weight excluding hydrogens is 278 g/mol. The van der Waals surface area contributed by atoms with Gasteiger partial charge in [-0.3, -0.25) is 0 Å². The van der Waals surface area contributed by atoms with Crippen LogP contribution in [0.25, 0.3) is 0 Å². The third-order valence-electron chi connectivity index (χ3n) is 2.27. The van der Waals surface area contributed by atoms with Crippen LogP contribution in [0.1, 0.15) is 16.6 Å². The van der Waals surface area contributed by atoms with E-state index in [4.69, 9.17) is 9.84 Å². The number of carboxylic acid groups (broad SMARTS) is 1. The van der Waals surface area contributed by atoms with Gasteiger partial charge in [-0.1, -0.05) is 0 Å². The fourth-order valence-corrected chi connectivity index (χ4v) is 3.67. The third kappa shape index (κ3) is 3.29. The molecule has 0 aliphatic carbocycles. The Morgan fingerprint density at radius 2 is 2.22 bits per heavy atom. The molecule has 1 heterocycles. The van der Waals surface area contributed by atoms with Crippen LogP contribution in [0.3, 0.4) is 0 Å². The van der Waals surface area contributed by atoms with Crippen molar-refractivity contribution < 1.29 is 23.1 Å². The molecule has 0 saturated heterocycles. The molecule has 0 atom stereocenters. The zero-order chi connectivity index (χ0) is 13.8. The first-order valence-corrected chi connectivity index (χ1v) is 7.58. The van der Waals surface area contributed by atoms with Crippen LogP contribution < -0.4 is 0 Å². The van der Waals surface area contributed by atoms with Gasteiger partial charge in [0.05, 0.1) is 6.61 Å². The number of ether oxygens (including phenoxy) is 1. The number of aromatic carboxylic acids is 1. The summed E-state index contributed by atoms with van der Waals surface area (Å²) in [5, 5.41) is 10.4. The second-order valence-electron chi connectivity index (χ2n) is 3.44. The average molecular weight is 293 g/mol. The second kappa shape index (κ2) is 6.28. The van der Waals surface area contributed by atoms with Crippen LogP contribution in [0.4, 0.5) is 0 Å². The first kappa shape index (κ1) is 15.1. The number of sulfonamides is 1. The van der Waals surface area contributed by atoms with Crippen LogP contribution >= 0.6 is 11.3 Å². The molecule has 1 rings (SSSR count). The van der Waals surface area contributed by atoms with Crippen LogP contribution in [-0.2, 0) is 14.8 Å². The van der Waals surface area contributed by atoms with Gasteiger partial charge in [0.25, 0.3) is 0 Å². The van der Waals surface area contributed by atoms with Crippen molar-refractivity contribution in [3.8, 4) is 0 Å². The zero-order valence-corrected chi connectivity index (χ0v) is 11.8. The largest absolute Gasteiger partial charge is 0.477 e. The van der Waals surface area contributed by atoms with Gasteiger partial charge < -0.3 is 9.84 Å². The van der Waals surface area contributed by atoms with E-state index in [9.17, 15) is 13.2 Å². The van der Waals surface area contributed by atoms with Gasteiger partial charge in [-0.15, -0.1) is 11.3 Å². The summed E-state index contributed by atoms with van der Waals surface area (Å²) >= 11 is 0.894. The first-order chi connectivity index (χ1) is 8.41. The van der Waals surface area contributed by atoms with Crippen molar-refractivity contribution in [2.24, 2.45) is 0 Å². The number of rotatable bonds is 7. The van der Waals surface area contributed by atoms with Crippen molar-refractivity contribution in [3.63, 3.8) is 0 Å². The summed E-state index contributed by atoms with van der Waals surface area (Å²) in [4.78, 5) is 10.6. The third-order valence-corrected chi connectivity index (χ3v) is 5.20. The fraction of sp³-hybridized carbons (Fsp3) is 0.500. The molecule has 6 nitrogen and oxygen atoms in total. The van der Waals surface area contributed by atoms with Crippen molar-refractivity contribution in [1.82, 2.24) is 4.31 Å². The molecule has 0 fully saturated rings. The molecule has 0 saturated carbocycles. The van der Waals surface area contributed by atoms with Crippen molar-refractivity contribution >= 4 is 27.3 Å². The van der Waals surface area contributed by atoms with Gasteiger partial charge in [-0.2, -0.15) is 4.31 Å². The molecule has 0 aromatic carbocycles. The summed E-state index contributed by atoms with van der Waals surface area (Å²) in [6.45, 7) is 2.78. The minimum atomic E-state index is -3.77. The highest BCUT2D eigenvalue weighted by Crippen LogP contribution is 2.24. The number of thiophene rings is 1. The Balaban J connectivity index is 2.92. The van der Waals surface area contributed by atoms with Crippen molar-refractivity contribution in [2.75, 3.05) is 26.8 Å². The van der Waals surface area contributed by atoms with Gasteiger partial charge in [0.1, 0.15) is 9.77 Å². The minimum Gasteiger partial charge on any atom is -0.477 e. The lowest BCUT2D eigenvalue weighted by molar-refractivity contribution is 0.0698. The van der Waals surface area contributed by atoms with E-state index in [1.165, 1.54) is 18.5 Å². The number of nitrogens with zero attached hydrogens (tertiary/aromatic N) is 1. The van der Waals surface area contributed by atoms with E-state index in [0.717, 1.165) is 15.6 Å². The van der Waals surface area contributed by atoms with Crippen molar-refractivity contribution in [1.29, 1.82) is 0 Å². The van der Waals surface area contributed by atoms with E-state index in [0.29, 0.717) is 6.61 Å². The van der Waals surface area contributed by atoms with E-state index in [2.05, 4.69) is 0 Å². The van der Waals surface area contributed by atoms with E-state index in [1.807, 2.05) is 6.92 Å². The standard InChI is InChI=1S/C10H15NO5S2/c1-3-16-6-5-11(2)18(14,15)8-4-7-17-9(8)10(12)13/h4,7H,3,5-6H2,1-2H3,(H,12,13). The molecular formula is C10H15NO5S2. The molecule has 8 heteroatoms. The van der Waals surface area contributed by atoms with Crippen LogP contribution in [0.2, 0.25) is 0 Å². The summed E-state index contributed by atoms with van der Waals surface area (Å²) < 4.78 is 30.4. The van der Waals surface area contributed by atoms with Crippen LogP contribution in [0.15, 0.2) is 16.3 Å². The highest BCUT2D eigenvalue weighted by atomic mass is 32.2. The van der Waals surface area contributed by atoms with Crippen LogP contribution in [0.5, 0.6) is 0 Å². The molecule has 0 aliphatic heterocycles. The van der Waals surface area contributed by atoms with Crippen molar-refractivity contribution in [3.05, 3.63) is 16.3 Å². The van der Waals surface area contributed by atoms with Crippen molar-refractivity contribution in [2.45, 2.75) is 11.8 Å². The molecule has 0 amide bonds. The summed E-state index contributed by atoms with van der Waals surface area (Å²) in [5.74, 6) is -1.23. The lowest BCUT2D eigenvalue weighted by atomic mass is 10.5. The lowest BCUT2D eigenvalue weighted by Gasteiger charge is -2.16. The number of carbonyl (C=O) groups is 1. The molecule has 0 radical (unpaired) electrons.